The molecule has 8 heteroatoms. The first kappa shape index (κ1) is 18.2. The summed E-state index contributed by atoms with van der Waals surface area (Å²) in [5.74, 6) is 0.732. The molecule has 1 heterocycles. The van der Waals surface area contributed by atoms with E-state index in [0.29, 0.717) is 18.0 Å². The van der Waals surface area contributed by atoms with Crippen LogP contribution in [0.2, 0.25) is 0 Å². The molecule has 0 aliphatic heterocycles. The third kappa shape index (κ3) is 5.47. The van der Waals surface area contributed by atoms with Gasteiger partial charge in [-0.2, -0.15) is 0 Å². The van der Waals surface area contributed by atoms with Crippen molar-refractivity contribution in [2.45, 2.75) is 20.3 Å². The number of aryl methyl sites for hydroxylation is 2. The first-order valence-corrected chi connectivity index (χ1v) is 9.25. The lowest BCUT2D eigenvalue weighted by atomic mass is 10.2. The molecule has 0 radical (unpaired) electrons. The van der Waals surface area contributed by atoms with Gasteiger partial charge in [-0.15, -0.1) is 0 Å². The zero-order valence-electron chi connectivity index (χ0n) is 13.7. The highest BCUT2D eigenvalue weighted by molar-refractivity contribution is 7.89. The van der Waals surface area contributed by atoms with Crippen molar-refractivity contribution in [2.24, 2.45) is 0 Å². The van der Waals surface area contributed by atoms with E-state index in [0.717, 1.165) is 5.56 Å². The lowest BCUT2D eigenvalue weighted by molar-refractivity contribution is -0.116. The van der Waals surface area contributed by atoms with Crippen molar-refractivity contribution in [3.05, 3.63) is 47.7 Å². The Morgan fingerprint density at radius 3 is 2.58 bits per heavy atom. The van der Waals surface area contributed by atoms with Crippen LogP contribution in [0, 0.1) is 6.92 Å². The number of anilines is 1. The zero-order chi connectivity index (χ0) is 17.6. The molecule has 1 aromatic carbocycles. The van der Waals surface area contributed by atoms with Crippen molar-refractivity contribution < 1.29 is 17.7 Å². The van der Waals surface area contributed by atoms with E-state index < -0.39 is 10.0 Å². The molecule has 0 aliphatic rings. The lowest BCUT2D eigenvalue weighted by Crippen LogP contribution is -2.38. The molecule has 1 amide bonds. The molecule has 1 aromatic heterocycles. The average molecular weight is 351 g/mol. The van der Waals surface area contributed by atoms with E-state index in [1.807, 2.05) is 30.3 Å². The van der Waals surface area contributed by atoms with E-state index in [-0.39, 0.29) is 24.7 Å². The SMILES string of the molecule is CC(=O)N(CCNS(=O)(=O)CCc1ccccc1)c1cc(C)on1. The molecular weight excluding hydrogens is 330 g/mol. The van der Waals surface area contributed by atoms with Crippen LogP contribution >= 0.6 is 0 Å². The molecule has 130 valence electrons. The van der Waals surface area contributed by atoms with Crippen molar-refractivity contribution in [1.82, 2.24) is 9.88 Å². The standard InChI is InChI=1S/C16H21N3O4S/c1-13-12-16(18-23-13)19(14(2)20)10-9-17-24(21,22)11-8-15-6-4-3-5-7-15/h3-7,12,17H,8-11H2,1-2H3. The summed E-state index contributed by atoms with van der Waals surface area (Å²) in [6, 6.07) is 11.0. The molecular formula is C16H21N3O4S. The van der Waals surface area contributed by atoms with Gasteiger partial charge in [-0.1, -0.05) is 35.5 Å². The number of aromatic nitrogens is 1. The van der Waals surface area contributed by atoms with Gasteiger partial charge >= 0.3 is 0 Å². The zero-order valence-corrected chi connectivity index (χ0v) is 14.5. The minimum Gasteiger partial charge on any atom is -0.360 e. The first-order chi connectivity index (χ1) is 11.4. The molecule has 0 bridgehead atoms. The summed E-state index contributed by atoms with van der Waals surface area (Å²) in [5, 5.41) is 3.78. The van der Waals surface area contributed by atoms with Gasteiger partial charge in [-0.3, -0.25) is 9.69 Å². The fourth-order valence-corrected chi connectivity index (χ4v) is 3.25. The maximum Gasteiger partial charge on any atom is 0.225 e. The van der Waals surface area contributed by atoms with Gasteiger partial charge in [0.2, 0.25) is 15.9 Å². The van der Waals surface area contributed by atoms with E-state index in [2.05, 4.69) is 9.88 Å². The fraction of sp³-hybridized carbons (Fsp3) is 0.375. The van der Waals surface area contributed by atoms with Crippen molar-refractivity contribution in [2.75, 3.05) is 23.7 Å². The van der Waals surface area contributed by atoms with Gasteiger partial charge in [0.15, 0.2) is 5.82 Å². The Bertz CT molecular complexity index is 772. The minimum atomic E-state index is -3.41. The lowest BCUT2D eigenvalue weighted by Gasteiger charge is -2.17. The maximum absolute atomic E-state index is 12.0. The van der Waals surface area contributed by atoms with Gasteiger partial charge in [0.1, 0.15) is 5.76 Å². The van der Waals surface area contributed by atoms with Crippen LogP contribution in [0.1, 0.15) is 18.2 Å². The second kappa shape index (κ2) is 8.07. The Morgan fingerprint density at radius 2 is 2.00 bits per heavy atom. The number of carbonyl (C=O) groups excluding carboxylic acids is 1. The van der Waals surface area contributed by atoms with E-state index in [1.165, 1.54) is 11.8 Å². The Morgan fingerprint density at radius 1 is 1.29 bits per heavy atom. The Kier molecular flexibility index (Phi) is 6.10. The highest BCUT2D eigenvalue weighted by Gasteiger charge is 2.17. The maximum atomic E-state index is 12.0. The molecule has 0 atom stereocenters. The number of hydrogen-bond acceptors (Lipinski definition) is 5. The summed E-state index contributed by atoms with van der Waals surface area (Å²) >= 11 is 0. The number of amides is 1. The van der Waals surface area contributed by atoms with Crippen LogP contribution in [0.3, 0.4) is 0 Å². The molecule has 0 aliphatic carbocycles. The van der Waals surface area contributed by atoms with Crippen LogP contribution in [-0.4, -0.2) is 38.3 Å². The van der Waals surface area contributed by atoms with E-state index >= 15 is 0 Å². The number of rotatable bonds is 8. The number of sulfonamides is 1. The second-order valence-corrected chi connectivity index (χ2v) is 7.34. The van der Waals surface area contributed by atoms with Crippen LogP contribution in [0.15, 0.2) is 40.9 Å². The predicted molar refractivity (Wildman–Crippen MR) is 91.2 cm³/mol. The molecule has 0 fully saturated rings. The van der Waals surface area contributed by atoms with Crippen molar-refractivity contribution in [3.63, 3.8) is 0 Å². The topological polar surface area (TPSA) is 92.5 Å². The van der Waals surface area contributed by atoms with Crippen molar-refractivity contribution >= 4 is 21.7 Å². The Hall–Kier alpha value is -2.19. The minimum absolute atomic E-state index is 0.000152. The highest BCUT2D eigenvalue weighted by Crippen LogP contribution is 2.13. The number of hydrogen-bond donors (Lipinski definition) is 1. The van der Waals surface area contributed by atoms with E-state index in [1.54, 1.807) is 13.0 Å². The van der Waals surface area contributed by atoms with Crippen molar-refractivity contribution in [1.29, 1.82) is 0 Å². The van der Waals surface area contributed by atoms with Crippen LogP contribution in [0.5, 0.6) is 0 Å². The second-order valence-electron chi connectivity index (χ2n) is 5.42. The molecule has 0 spiro atoms. The van der Waals surface area contributed by atoms with Gasteiger partial charge in [0, 0.05) is 26.1 Å². The van der Waals surface area contributed by atoms with Crippen LogP contribution in [0.4, 0.5) is 5.82 Å². The number of nitrogens with one attached hydrogen (secondary N) is 1. The third-order valence-electron chi connectivity index (χ3n) is 3.43. The fourth-order valence-electron chi connectivity index (χ4n) is 2.20. The molecule has 2 aromatic rings. The van der Waals surface area contributed by atoms with E-state index in [9.17, 15) is 13.2 Å². The summed E-state index contributed by atoms with van der Waals surface area (Å²) in [6.45, 7) is 3.42. The van der Waals surface area contributed by atoms with Crippen LogP contribution < -0.4 is 9.62 Å². The number of nitrogens with zero attached hydrogens (tertiary/aromatic N) is 2. The number of carbonyl (C=O) groups is 1. The quantitative estimate of drug-likeness (QED) is 0.778. The van der Waals surface area contributed by atoms with Crippen LogP contribution in [0.25, 0.3) is 0 Å². The molecule has 24 heavy (non-hydrogen) atoms. The molecule has 0 saturated heterocycles. The molecule has 7 nitrogen and oxygen atoms in total. The van der Waals surface area contributed by atoms with Gasteiger partial charge in [-0.25, -0.2) is 13.1 Å². The van der Waals surface area contributed by atoms with Gasteiger partial charge in [0.25, 0.3) is 0 Å². The Labute approximate surface area is 141 Å². The number of benzene rings is 1. The largest absolute Gasteiger partial charge is 0.360 e. The van der Waals surface area contributed by atoms with E-state index in [4.69, 9.17) is 4.52 Å². The van der Waals surface area contributed by atoms with Crippen LogP contribution in [-0.2, 0) is 21.2 Å². The predicted octanol–water partition coefficient (Wildman–Crippen LogP) is 1.50. The average Bonchev–Trinajstić information content (AvgIpc) is 2.96. The summed E-state index contributed by atoms with van der Waals surface area (Å²) in [7, 11) is -3.41. The summed E-state index contributed by atoms with van der Waals surface area (Å²) < 4.78 is 31.6. The monoisotopic (exact) mass is 351 g/mol. The summed E-state index contributed by atoms with van der Waals surface area (Å²) in [4.78, 5) is 13.1. The molecule has 0 unspecified atom stereocenters. The summed E-state index contributed by atoms with van der Waals surface area (Å²) in [6.07, 6.45) is 0.440. The van der Waals surface area contributed by atoms with Gasteiger partial charge in [0.05, 0.1) is 5.75 Å². The van der Waals surface area contributed by atoms with Crippen molar-refractivity contribution in [3.8, 4) is 0 Å². The highest BCUT2D eigenvalue weighted by atomic mass is 32.2. The summed E-state index contributed by atoms with van der Waals surface area (Å²) in [5.41, 5.74) is 0.964. The Balaban J connectivity index is 1.85. The third-order valence-corrected chi connectivity index (χ3v) is 4.82. The molecule has 1 N–H and O–H groups in total. The van der Waals surface area contributed by atoms with Gasteiger partial charge in [-0.05, 0) is 18.9 Å². The first-order valence-electron chi connectivity index (χ1n) is 7.60. The van der Waals surface area contributed by atoms with Gasteiger partial charge < -0.3 is 4.52 Å². The smallest absolute Gasteiger partial charge is 0.225 e. The molecule has 0 saturated carbocycles. The normalized spacial score (nSPS) is 11.4. The molecule has 2 rings (SSSR count).